The Balaban J connectivity index is 1.53. The summed E-state index contributed by atoms with van der Waals surface area (Å²) in [4.78, 5) is 38.3. The number of hydrogen-bond donors (Lipinski definition) is 1. The van der Waals surface area contributed by atoms with Gasteiger partial charge in [-0.1, -0.05) is 59.7 Å². The number of nitrogens with one attached hydrogen (secondary N) is 1. The lowest BCUT2D eigenvalue weighted by Gasteiger charge is -2.13. The van der Waals surface area contributed by atoms with Crippen molar-refractivity contribution in [1.29, 1.82) is 0 Å². The summed E-state index contributed by atoms with van der Waals surface area (Å²) in [6.45, 7) is 4.37. The number of nitrogens with zero attached hydrogens (tertiary/aromatic N) is 1. The third-order valence-electron chi connectivity index (χ3n) is 4.35. The van der Waals surface area contributed by atoms with Crippen LogP contribution in [0.1, 0.15) is 22.3 Å². The SMILES string of the molecule is Cc1ccc(/C=C2\SC(=O)N(CCNC(=O)Cc3cccc(C)c3)C2=O)cc1. The summed E-state index contributed by atoms with van der Waals surface area (Å²) < 4.78 is 0. The number of carbonyl (C=O) groups is 3. The van der Waals surface area contributed by atoms with Gasteiger partial charge in [0.25, 0.3) is 11.1 Å². The summed E-state index contributed by atoms with van der Waals surface area (Å²) in [7, 11) is 0. The maximum absolute atomic E-state index is 12.5. The third kappa shape index (κ3) is 5.10. The standard InChI is InChI=1S/C22H22N2O3S/c1-15-6-8-17(9-7-15)13-19-21(26)24(22(27)28-19)11-10-23-20(25)14-18-5-3-4-16(2)12-18/h3-9,12-13H,10-11,14H2,1-2H3,(H,23,25)/b19-13-. The quantitative estimate of drug-likeness (QED) is 0.759. The summed E-state index contributed by atoms with van der Waals surface area (Å²) in [5.74, 6) is -0.448. The molecule has 0 radical (unpaired) electrons. The summed E-state index contributed by atoms with van der Waals surface area (Å²) in [5.41, 5.74) is 4.04. The van der Waals surface area contributed by atoms with Crippen LogP contribution in [-0.4, -0.2) is 35.0 Å². The number of rotatable bonds is 6. The fraction of sp³-hybridized carbons (Fsp3) is 0.227. The van der Waals surface area contributed by atoms with Crippen molar-refractivity contribution in [2.45, 2.75) is 20.3 Å². The first kappa shape index (κ1) is 19.9. The molecule has 0 saturated carbocycles. The highest BCUT2D eigenvalue weighted by atomic mass is 32.2. The van der Waals surface area contributed by atoms with E-state index in [0.717, 1.165) is 34.0 Å². The van der Waals surface area contributed by atoms with Crippen LogP contribution < -0.4 is 5.32 Å². The Labute approximate surface area is 168 Å². The Bertz CT molecular complexity index is 935. The highest BCUT2D eigenvalue weighted by molar-refractivity contribution is 8.18. The Kier molecular flexibility index (Phi) is 6.31. The van der Waals surface area contributed by atoms with Crippen LogP contribution in [0.4, 0.5) is 4.79 Å². The van der Waals surface area contributed by atoms with E-state index in [-0.39, 0.29) is 36.6 Å². The van der Waals surface area contributed by atoms with E-state index in [2.05, 4.69) is 5.32 Å². The highest BCUT2D eigenvalue weighted by Gasteiger charge is 2.34. The van der Waals surface area contributed by atoms with E-state index in [1.165, 1.54) is 4.90 Å². The molecule has 6 heteroatoms. The number of aryl methyl sites for hydroxylation is 2. The largest absolute Gasteiger partial charge is 0.354 e. The molecule has 2 aromatic carbocycles. The minimum absolute atomic E-state index is 0.132. The lowest BCUT2D eigenvalue weighted by atomic mass is 10.1. The van der Waals surface area contributed by atoms with Crippen LogP contribution in [-0.2, 0) is 16.0 Å². The molecule has 1 aliphatic heterocycles. The smallest absolute Gasteiger partial charge is 0.293 e. The van der Waals surface area contributed by atoms with Gasteiger partial charge in [-0.15, -0.1) is 0 Å². The first-order valence-corrected chi connectivity index (χ1v) is 9.88. The normalized spacial score (nSPS) is 15.4. The summed E-state index contributed by atoms with van der Waals surface area (Å²) in [6.07, 6.45) is 2.00. The number of amides is 3. The third-order valence-corrected chi connectivity index (χ3v) is 5.26. The first-order chi connectivity index (χ1) is 13.4. The van der Waals surface area contributed by atoms with E-state index in [1.54, 1.807) is 6.08 Å². The first-order valence-electron chi connectivity index (χ1n) is 9.06. The van der Waals surface area contributed by atoms with Gasteiger partial charge in [0, 0.05) is 13.1 Å². The number of benzene rings is 2. The van der Waals surface area contributed by atoms with Crippen LogP contribution in [0.2, 0.25) is 0 Å². The van der Waals surface area contributed by atoms with Gasteiger partial charge in [0.05, 0.1) is 11.3 Å². The lowest BCUT2D eigenvalue weighted by Crippen LogP contribution is -2.37. The molecular weight excluding hydrogens is 372 g/mol. The molecule has 5 nitrogen and oxygen atoms in total. The average Bonchev–Trinajstić information content (AvgIpc) is 2.91. The van der Waals surface area contributed by atoms with Gasteiger partial charge in [-0.3, -0.25) is 19.3 Å². The number of imide groups is 1. The molecule has 0 aromatic heterocycles. The molecule has 1 fully saturated rings. The van der Waals surface area contributed by atoms with E-state index < -0.39 is 0 Å². The van der Waals surface area contributed by atoms with E-state index in [1.807, 2.05) is 62.4 Å². The van der Waals surface area contributed by atoms with Crippen LogP contribution in [0.25, 0.3) is 6.08 Å². The zero-order chi connectivity index (χ0) is 20.1. The molecule has 1 N–H and O–H groups in total. The molecular formula is C22H22N2O3S. The van der Waals surface area contributed by atoms with Crippen molar-refractivity contribution in [3.8, 4) is 0 Å². The fourth-order valence-electron chi connectivity index (χ4n) is 2.88. The molecule has 0 bridgehead atoms. The molecule has 28 heavy (non-hydrogen) atoms. The second-order valence-electron chi connectivity index (χ2n) is 6.76. The average molecular weight is 394 g/mol. The molecule has 1 aliphatic rings. The van der Waals surface area contributed by atoms with Crippen molar-refractivity contribution in [2.75, 3.05) is 13.1 Å². The van der Waals surface area contributed by atoms with Crippen LogP contribution in [0, 0.1) is 13.8 Å². The minimum Gasteiger partial charge on any atom is -0.354 e. The van der Waals surface area contributed by atoms with E-state index in [4.69, 9.17) is 0 Å². The zero-order valence-corrected chi connectivity index (χ0v) is 16.7. The predicted molar refractivity (Wildman–Crippen MR) is 112 cm³/mol. The van der Waals surface area contributed by atoms with Crippen molar-refractivity contribution in [1.82, 2.24) is 10.2 Å². The monoisotopic (exact) mass is 394 g/mol. The number of hydrogen-bond acceptors (Lipinski definition) is 4. The van der Waals surface area contributed by atoms with Gasteiger partial charge in [-0.2, -0.15) is 0 Å². The van der Waals surface area contributed by atoms with Gasteiger partial charge in [-0.25, -0.2) is 0 Å². The summed E-state index contributed by atoms with van der Waals surface area (Å²) in [6, 6.07) is 15.5. The molecule has 0 aliphatic carbocycles. The Morgan fingerprint density at radius 2 is 1.82 bits per heavy atom. The molecule has 144 valence electrons. The molecule has 1 saturated heterocycles. The highest BCUT2D eigenvalue weighted by Crippen LogP contribution is 2.31. The van der Waals surface area contributed by atoms with Crippen molar-refractivity contribution in [3.63, 3.8) is 0 Å². The minimum atomic E-state index is -0.316. The maximum atomic E-state index is 12.5. The Morgan fingerprint density at radius 1 is 1.07 bits per heavy atom. The van der Waals surface area contributed by atoms with Crippen LogP contribution in [0.15, 0.2) is 53.4 Å². The van der Waals surface area contributed by atoms with Crippen molar-refractivity contribution in [2.24, 2.45) is 0 Å². The molecule has 0 spiro atoms. The van der Waals surface area contributed by atoms with Crippen LogP contribution in [0.3, 0.4) is 0 Å². The number of carbonyl (C=O) groups excluding carboxylic acids is 3. The Hall–Kier alpha value is -2.86. The fourth-order valence-corrected chi connectivity index (χ4v) is 3.75. The predicted octanol–water partition coefficient (Wildman–Crippen LogP) is 3.70. The van der Waals surface area contributed by atoms with E-state index in [0.29, 0.717) is 4.91 Å². The van der Waals surface area contributed by atoms with Crippen molar-refractivity contribution >= 4 is 34.9 Å². The second-order valence-corrected chi connectivity index (χ2v) is 7.75. The molecule has 1 heterocycles. The topological polar surface area (TPSA) is 66.5 Å². The van der Waals surface area contributed by atoms with Gasteiger partial charge in [0.1, 0.15) is 0 Å². The molecule has 2 aromatic rings. The molecule has 0 unspecified atom stereocenters. The lowest BCUT2D eigenvalue weighted by molar-refractivity contribution is -0.124. The number of thioether (sulfide) groups is 1. The van der Waals surface area contributed by atoms with Gasteiger partial charge in [0.2, 0.25) is 5.91 Å². The van der Waals surface area contributed by atoms with Gasteiger partial charge in [0.15, 0.2) is 0 Å². The zero-order valence-electron chi connectivity index (χ0n) is 15.9. The second kappa shape index (κ2) is 8.89. The van der Waals surface area contributed by atoms with E-state index >= 15 is 0 Å². The molecule has 3 amide bonds. The van der Waals surface area contributed by atoms with Gasteiger partial charge < -0.3 is 5.32 Å². The van der Waals surface area contributed by atoms with Crippen LogP contribution in [0.5, 0.6) is 0 Å². The van der Waals surface area contributed by atoms with Crippen molar-refractivity contribution < 1.29 is 14.4 Å². The van der Waals surface area contributed by atoms with Crippen molar-refractivity contribution in [3.05, 3.63) is 75.7 Å². The maximum Gasteiger partial charge on any atom is 0.293 e. The van der Waals surface area contributed by atoms with Gasteiger partial charge >= 0.3 is 0 Å². The molecule has 3 rings (SSSR count). The van der Waals surface area contributed by atoms with Gasteiger partial charge in [-0.05, 0) is 42.8 Å². The summed E-state index contributed by atoms with van der Waals surface area (Å²) in [5, 5.41) is 2.47. The van der Waals surface area contributed by atoms with E-state index in [9.17, 15) is 14.4 Å². The summed E-state index contributed by atoms with van der Waals surface area (Å²) >= 11 is 0.930. The molecule has 0 atom stereocenters. The van der Waals surface area contributed by atoms with Crippen LogP contribution >= 0.6 is 11.8 Å². The Morgan fingerprint density at radius 3 is 2.54 bits per heavy atom.